The van der Waals surface area contributed by atoms with Crippen molar-refractivity contribution in [1.82, 2.24) is 0 Å². The Balaban J connectivity index is 0.00000400. The molecule has 1 aromatic carbocycles. The second kappa shape index (κ2) is 12.5. The SMILES string of the molecule is CCCCCCCC[N+](C)(C)CCSc1ccccc1.[Br-]. The Kier molecular flexibility index (Phi) is 12.5. The normalized spacial score (nSPS) is 11.2. The van der Waals surface area contributed by atoms with E-state index >= 15 is 0 Å². The van der Waals surface area contributed by atoms with Gasteiger partial charge in [0.25, 0.3) is 0 Å². The second-order valence-electron chi connectivity index (χ2n) is 6.31. The Bertz CT molecular complexity index is 340. The summed E-state index contributed by atoms with van der Waals surface area (Å²) in [7, 11) is 4.75. The molecule has 0 saturated heterocycles. The molecule has 0 aliphatic rings. The third kappa shape index (κ3) is 11.3. The Morgan fingerprint density at radius 3 is 2.14 bits per heavy atom. The fraction of sp³-hybridized carbons (Fsp3) is 0.667. The standard InChI is InChI=1S/C18H32NS.BrH/c1-4-5-6-7-8-12-15-19(2,3)16-17-20-18-13-10-9-11-14-18;/h9-11,13-14H,4-8,12,15-17H2,1-3H3;1H/q+1;/p-1. The predicted molar refractivity (Wildman–Crippen MR) is 92.4 cm³/mol. The van der Waals surface area contributed by atoms with Gasteiger partial charge in [-0.1, -0.05) is 50.8 Å². The van der Waals surface area contributed by atoms with Crippen molar-refractivity contribution < 1.29 is 21.5 Å². The maximum atomic E-state index is 2.37. The number of hydrogen-bond acceptors (Lipinski definition) is 1. The fourth-order valence-corrected chi connectivity index (χ4v) is 3.53. The third-order valence-electron chi connectivity index (χ3n) is 3.83. The zero-order valence-corrected chi connectivity index (χ0v) is 16.4. The third-order valence-corrected chi connectivity index (χ3v) is 4.82. The van der Waals surface area contributed by atoms with Crippen LogP contribution in [-0.2, 0) is 0 Å². The minimum atomic E-state index is 0. The first-order valence-electron chi connectivity index (χ1n) is 8.14. The molecule has 0 aliphatic heterocycles. The van der Waals surface area contributed by atoms with Gasteiger partial charge in [-0.15, -0.1) is 11.8 Å². The molecule has 0 unspecified atom stereocenters. The lowest BCUT2D eigenvalue weighted by atomic mass is 10.1. The summed E-state index contributed by atoms with van der Waals surface area (Å²) in [6.07, 6.45) is 8.39. The number of rotatable bonds is 11. The first-order chi connectivity index (χ1) is 9.64. The summed E-state index contributed by atoms with van der Waals surface area (Å²) in [5.74, 6) is 1.22. The van der Waals surface area contributed by atoms with Crippen molar-refractivity contribution in [2.75, 3.05) is 32.9 Å². The van der Waals surface area contributed by atoms with E-state index in [1.54, 1.807) is 0 Å². The van der Waals surface area contributed by atoms with Crippen molar-refractivity contribution in [3.8, 4) is 0 Å². The lowest BCUT2D eigenvalue weighted by Gasteiger charge is -2.29. The Morgan fingerprint density at radius 1 is 0.857 bits per heavy atom. The number of quaternary nitrogens is 1. The number of thioether (sulfide) groups is 1. The smallest absolute Gasteiger partial charge is 0.0878 e. The molecule has 1 aromatic rings. The van der Waals surface area contributed by atoms with Crippen molar-refractivity contribution in [3.63, 3.8) is 0 Å². The predicted octanol–water partition coefficient (Wildman–Crippen LogP) is 2.22. The molecule has 3 heteroatoms. The van der Waals surface area contributed by atoms with Crippen molar-refractivity contribution in [2.24, 2.45) is 0 Å². The molecule has 0 bridgehead atoms. The van der Waals surface area contributed by atoms with Gasteiger partial charge in [-0.25, -0.2) is 0 Å². The molecule has 122 valence electrons. The molecule has 0 fully saturated rings. The number of benzene rings is 1. The lowest BCUT2D eigenvalue weighted by Crippen LogP contribution is -3.00. The van der Waals surface area contributed by atoms with E-state index in [0.717, 1.165) is 4.48 Å². The summed E-state index contributed by atoms with van der Waals surface area (Å²) in [6.45, 7) is 4.86. The highest BCUT2D eigenvalue weighted by molar-refractivity contribution is 7.99. The minimum absolute atomic E-state index is 0. The van der Waals surface area contributed by atoms with E-state index in [-0.39, 0.29) is 17.0 Å². The van der Waals surface area contributed by atoms with Gasteiger partial charge >= 0.3 is 0 Å². The van der Waals surface area contributed by atoms with E-state index in [1.807, 2.05) is 11.8 Å². The summed E-state index contributed by atoms with van der Waals surface area (Å²) >= 11 is 1.98. The van der Waals surface area contributed by atoms with E-state index in [0.29, 0.717) is 0 Å². The molecule has 0 N–H and O–H groups in total. The van der Waals surface area contributed by atoms with Gasteiger partial charge in [-0.05, 0) is 25.0 Å². The fourth-order valence-electron chi connectivity index (χ4n) is 2.36. The van der Waals surface area contributed by atoms with Crippen LogP contribution in [0.3, 0.4) is 0 Å². The maximum absolute atomic E-state index is 2.37. The van der Waals surface area contributed by atoms with Crippen LogP contribution in [0, 0.1) is 0 Å². The topological polar surface area (TPSA) is 0 Å². The van der Waals surface area contributed by atoms with E-state index in [9.17, 15) is 0 Å². The Labute approximate surface area is 146 Å². The average molecular weight is 374 g/mol. The van der Waals surface area contributed by atoms with Gasteiger partial charge in [0.2, 0.25) is 0 Å². The van der Waals surface area contributed by atoms with Gasteiger partial charge in [-0.3, -0.25) is 0 Å². The molecule has 0 aliphatic carbocycles. The van der Waals surface area contributed by atoms with E-state index in [2.05, 4.69) is 51.4 Å². The van der Waals surface area contributed by atoms with Crippen molar-refractivity contribution >= 4 is 11.8 Å². The van der Waals surface area contributed by atoms with Crippen molar-refractivity contribution in [1.29, 1.82) is 0 Å². The second-order valence-corrected chi connectivity index (χ2v) is 7.48. The summed E-state index contributed by atoms with van der Waals surface area (Å²) in [5.41, 5.74) is 0. The van der Waals surface area contributed by atoms with Gasteiger partial charge < -0.3 is 21.5 Å². The minimum Gasteiger partial charge on any atom is -1.00 e. The molecule has 0 heterocycles. The molecule has 1 rings (SSSR count). The zero-order valence-electron chi connectivity index (χ0n) is 14.0. The van der Waals surface area contributed by atoms with Crippen LogP contribution in [-0.4, -0.2) is 37.4 Å². The summed E-state index contributed by atoms with van der Waals surface area (Å²) in [6, 6.07) is 10.7. The lowest BCUT2D eigenvalue weighted by molar-refractivity contribution is -0.888. The van der Waals surface area contributed by atoms with E-state index in [1.165, 1.54) is 62.3 Å². The highest BCUT2D eigenvalue weighted by Gasteiger charge is 2.13. The van der Waals surface area contributed by atoms with Gasteiger partial charge in [0.05, 0.1) is 27.2 Å². The Morgan fingerprint density at radius 2 is 1.48 bits per heavy atom. The molecule has 0 spiro atoms. The van der Waals surface area contributed by atoms with Gasteiger partial charge in [0, 0.05) is 10.6 Å². The van der Waals surface area contributed by atoms with Gasteiger partial charge in [0.15, 0.2) is 0 Å². The van der Waals surface area contributed by atoms with Gasteiger partial charge in [0.1, 0.15) is 0 Å². The highest BCUT2D eigenvalue weighted by Crippen LogP contribution is 2.18. The monoisotopic (exact) mass is 373 g/mol. The van der Waals surface area contributed by atoms with Crippen molar-refractivity contribution in [3.05, 3.63) is 30.3 Å². The first kappa shape index (κ1) is 21.0. The molecular weight excluding hydrogens is 342 g/mol. The van der Waals surface area contributed by atoms with Crippen molar-refractivity contribution in [2.45, 2.75) is 50.3 Å². The first-order valence-corrected chi connectivity index (χ1v) is 9.12. The molecule has 0 aromatic heterocycles. The average Bonchev–Trinajstić information content (AvgIpc) is 2.44. The van der Waals surface area contributed by atoms with Crippen LogP contribution in [0.2, 0.25) is 0 Å². The quantitative estimate of drug-likeness (QED) is 0.325. The van der Waals surface area contributed by atoms with Crippen LogP contribution in [0.5, 0.6) is 0 Å². The van der Waals surface area contributed by atoms with Crippen LogP contribution in [0.25, 0.3) is 0 Å². The van der Waals surface area contributed by atoms with Crippen LogP contribution >= 0.6 is 11.8 Å². The van der Waals surface area contributed by atoms with E-state index in [4.69, 9.17) is 0 Å². The number of hydrogen-bond donors (Lipinski definition) is 0. The van der Waals surface area contributed by atoms with Crippen LogP contribution in [0.4, 0.5) is 0 Å². The molecule has 0 saturated carbocycles. The number of unbranched alkanes of at least 4 members (excludes halogenated alkanes) is 5. The number of nitrogens with zero attached hydrogens (tertiary/aromatic N) is 1. The largest absolute Gasteiger partial charge is 1.00 e. The molecule has 1 nitrogen and oxygen atoms in total. The summed E-state index contributed by atoms with van der Waals surface area (Å²) in [4.78, 5) is 1.40. The summed E-state index contributed by atoms with van der Waals surface area (Å²) in [5, 5.41) is 0. The zero-order chi connectivity index (χ0) is 14.7. The molecule has 21 heavy (non-hydrogen) atoms. The van der Waals surface area contributed by atoms with Crippen LogP contribution in [0.1, 0.15) is 45.4 Å². The molecule has 0 atom stereocenters. The summed E-state index contributed by atoms with van der Waals surface area (Å²) < 4.78 is 1.16. The molecular formula is C18H32BrNS. The molecule has 0 amide bonds. The highest BCUT2D eigenvalue weighted by atomic mass is 79.9. The number of halogens is 1. The van der Waals surface area contributed by atoms with E-state index < -0.39 is 0 Å². The Hall–Kier alpha value is 0.01000. The van der Waals surface area contributed by atoms with Gasteiger partial charge in [-0.2, -0.15) is 0 Å². The molecule has 0 radical (unpaired) electrons. The van der Waals surface area contributed by atoms with Crippen LogP contribution < -0.4 is 17.0 Å². The van der Waals surface area contributed by atoms with Crippen LogP contribution in [0.15, 0.2) is 35.2 Å². The maximum Gasteiger partial charge on any atom is 0.0878 e.